The van der Waals surface area contributed by atoms with E-state index < -0.39 is 0 Å². The van der Waals surface area contributed by atoms with Crippen molar-refractivity contribution in [2.24, 2.45) is 7.05 Å². The van der Waals surface area contributed by atoms with E-state index in [2.05, 4.69) is 20.4 Å². The highest BCUT2D eigenvalue weighted by atomic mass is 16.5. The fourth-order valence-corrected chi connectivity index (χ4v) is 3.39. The van der Waals surface area contributed by atoms with Gasteiger partial charge in [0.2, 0.25) is 5.88 Å². The summed E-state index contributed by atoms with van der Waals surface area (Å²) in [7, 11) is 1.57. The standard InChI is InChI=1S/C23H24N6O2/c1-14-9-10-20(24-12-14)18-11-16(3)22(25-17(18)4)31-13-19-15(2)7-6-8-21(19)29-23(30)28(5)26-27-29/h6-12H,13H2,1-5H3. The second kappa shape index (κ2) is 8.14. The van der Waals surface area contributed by atoms with Crippen molar-refractivity contribution in [1.29, 1.82) is 0 Å². The Balaban J connectivity index is 1.65. The number of aromatic nitrogens is 6. The first-order chi connectivity index (χ1) is 14.8. The normalized spacial score (nSPS) is 11.0. The average molecular weight is 416 g/mol. The third kappa shape index (κ3) is 3.96. The summed E-state index contributed by atoms with van der Waals surface area (Å²) in [4.78, 5) is 21.5. The molecular formula is C23H24N6O2. The summed E-state index contributed by atoms with van der Waals surface area (Å²) >= 11 is 0. The van der Waals surface area contributed by atoms with E-state index in [1.807, 2.05) is 70.3 Å². The molecule has 4 aromatic rings. The van der Waals surface area contributed by atoms with E-state index >= 15 is 0 Å². The van der Waals surface area contributed by atoms with E-state index in [-0.39, 0.29) is 12.3 Å². The van der Waals surface area contributed by atoms with Gasteiger partial charge in [-0.1, -0.05) is 18.2 Å². The van der Waals surface area contributed by atoms with Crippen LogP contribution in [0.15, 0.2) is 47.4 Å². The molecule has 0 radical (unpaired) electrons. The maximum atomic E-state index is 12.3. The predicted molar refractivity (Wildman–Crippen MR) is 117 cm³/mol. The molecule has 8 heteroatoms. The molecule has 1 aromatic carbocycles. The molecule has 3 heterocycles. The molecular weight excluding hydrogens is 392 g/mol. The van der Waals surface area contributed by atoms with Gasteiger partial charge in [-0.25, -0.2) is 9.78 Å². The van der Waals surface area contributed by atoms with Gasteiger partial charge in [0.1, 0.15) is 6.61 Å². The first kappa shape index (κ1) is 20.5. The molecule has 0 saturated carbocycles. The van der Waals surface area contributed by atoms with Crippen LogP contribution in [-0.4, -0.2) is 29.8 Å². The zero-order valence-corrected chi connectivity index (χ0v) is 18.2. The highest BCUT2D eigenvalue weighted by molar-refractivity contribution is 5.63. The van der Waals surface area contributed by atoms with Crippen LogP contribution in [0.2, 0.25) is 0 Å². The number of hydrogen-bond acceptors (Lipinski definition) is 6. The van der Waals surface area contributed by atoms with Crippen molar-refractivity contribution >= 4 is 0 Å². The van der Waals surface area contributed by atoms with Crippen LogP contribution in [0.25, 0.3) is 16.9 Å². The Morgan fingerprint density at radius 1 is 1.00 bits per heavy atom. The average Bonchev–Trinajstić information content (AvgIpc) is 3.08. The summed E-state index contributed by atoms with van der Waals surface area (Å²) in [6, 6.07) is 11.8. The Kier molecular flexibility index (Phi) is 5.37. The number of benzene rings is 1. The smallest absolute Gasteiger partial charge is 0.368 e. The van der Waals surface area contributed by atoms with Crippen LogP contribution in [0.1, 0.15) is 27.9 Å². The third-order valence-electron chi connectivity index (χ3n) is 5.23. The van der Waals surface area contributed by atoms with Crippen molar-refractivity contribution in [3.05, 3.63) is 81.0 Å². The number of ether oxygens (including phenoxy) is 1. The van der Waals surface area contributed by atoms with Gasteiger partial charge in [0.25, 0.3) is 0 Å². The molecule has 0 fully saturated rings. The van der Waals surface area contributed by atoms with Crippen LogP contribution >= 0.6 is 0 Å². The summed E-state index contributed by atoms with van der Waals surface area (Å²) in [5.74, 6) is 0.550. The van der Waals surface area contributed by atoms with Crippen molar-refractivity contribution in [3.63, 3.8) is 0 Å². The summed E-state index contributed by atoms with van der Waals surface area (Å²) in [6.07, 6.45) is 1.85. The van der Waals surface area contributed by atoms with E-state index in [0.717, 1.165) is 39.2 Å². The highest BCUT2D eigenvalue weighted by Gasteiger charge is 2.15. The fourth-order valence-electron chi connectivity index (χ4n) is 3.39. The van der Waals surface area contributed by atoms with E-state index in [0.29, 0.717) is 11.6 Å². The third-order valence-corrected chi connectivity index (χ3v) is 5.23. The minimum atomic E-state index is -0.313. The van der Waals surface area contributed by atoms with Gasteiger partial charge in [-0.15, -0.1) is 0 Å². The molecule has 0 aliphatic rings. The first-order valence-electron chi connectivity index (χ1n) is 9.97. The zero-order chi connectivity index (χ0) is 22.1. The van der Waals surface area contributed by atoms with Gasteiger partial charge in [-0.05, 0) is 67.4 Å². The van der Waals surface area contributed by atoms with Gasteiger partial charge in [0, 0.05) is 29.9 Å². The minimum absolute atomic E-state index is 0.250. The number of tetrazole rings is 1. The summed E-state index contributed by atoms with van der Waals surface area (Å²) in [6.45, 7) is 8.15. The molecule has 0 aliphatic carbocycles. The number of hydrogen-bond donors (Lipinski definition) is 0. The first-order valence-corrected chi connectivity index (χ1v) is 9.97. The molecule has 0 N–H and O–H groups in total. The Labute approximate surface area is 180 Å². The highest BCUT2D eigenvalue weighted by Crippen LogP contribution is 2.27. The van der Waals surface area contributed by atoms with Crippen LogP contribution in [0.3, 0.4) is 0 Å². The molecule has 0 saturated heterocycles. The van der Waals surface area contributed by atoms with Gasteiger partial charge in [0.15, 0.2) is 0 Å². The van der Waals surface area contributed by atoms with Gasteiger partial charge in [0.05, 0.1) is 17.1 Å². The lowest BCUT2D eigenvalue weighted by atomic mass is 10.1. The molecule has 3 aromatic heterocycles. The van der Waals surface area contributed by atoms with Crippen molar-refractivity contribution < 1.29 is 4.74 Å². The van der Waals surface area contributed by atoms with Crippen LogP contribution in [0.5, 0.6) is 5.88 Å². The van der Waals surface area contributed by atoms with Gasteiger partial charge in [-0.3, -0.25) is 4.98 Å². The van der Waals surface area contributed by atoms with Crippen LogP contribution in [-0.2, 0) is 13.7 Å². The number of nitrogens with zero attached hydrogens (tertiary/aromatic N) is 6. The maximum Gasteiger partial charge on any atom is 0.368 e. The Morgan fingerprint density at radius 3 is 2.48 bits per heavy atom. The molecule has 0 atom stereocenters. The molecule has 0 bridgehead atoms. The topological polar surface area (TPSA) is 87.7 Å². The lowest BCUT2D eigenvalue weighted by Gasteiger charge is -2.15. The molecule has 8 nitrogen and oxygen atoms in total. The molecule has 31 heavy (non-hydrogen) atoms. The van der Waals surface area contributed by atoms with E-state index in [1.165, 1.54) is 9.36 Å². The van der Waals surface area contributed by atoms with Crippen LogP contribution < -0.4 is 10.4 Å². The quantitative estimate of drug-likeness (QED) is 0.496. The van der Waals surface area contributed by atoms with Crippen molar-refractivity contribution in [2.45, 2.75) is 34.3 Å². The minimum Gasteiger partial charge on any atom is -0.473 e. The zero-order valence-electron chi connectivity index (χ0n) is 18.2. The second-order valence-corrected chi connectivity index (χ2v) is 7.62. The Hall–Kier alpha value is -3.81. The van der Waals surface area contributed by atoms with E-state index in [4.69, 9.17) is 4.74 Å². The van der Waals surface area contributed by atoms with E-state index in [9.17, 15) is 4.79 Å². The Morgan fingerprint density at radius 2 is 1.81 bits per heavy atom. The number of rotatable bonds is 5. The van der Waals surface area contributed by atoms with Crippen molar-refractivity contribution in [1.82, 2.24) is 29.8 Å². The number of pyridine rings is 2. The monoisotopic (exact) mass is 416 g/mol. The summed E-state index contributed by atoms with van der Waals surface area (Å²) in [5.41, 5.74) is 6.91. The molecule has 0 unspecified atom stereocenters. The van der Waals surface area contributed by atoms with Gasteiger partial charge >= 0.3 is 5.69 Å². The molecule has 0 spiro atoms. The van der Waals surface area contributed by atoms with Crippen molar-refractivity contribution in [3.8, 4) is 22.8 Å². The molecule has 158 valence electrons. The predicted octanol–water partition coefficient (Wildman–Crippen LogP) is 3.24. The molecule has 0 aliphatic heterocycles. The van der Waals surface area contributed by atoms with E-state index in [1.54, 1.807) is 7.05 Å². The maximum absolute atomic E-state index is 12.3. The summed E-state index contributed by atoms with van der Waals surface area (Å²) < 4.78 is 8.58. The lowest BCUT2D eigenvalue weighted by Crippen LogP contribution is -2.23. The van der Waals surface area contributed by atoms with Crippen LogP contribution in [0.4, 0.5) is 0 Å². The van der Waals surface area contributed by atoms with Gasteiger partial charge < -0.3 is 4.74 Å². The Bertz CT molecular complexity index is 1300. The fraction of sp³-hybridized carbons (Fsp3) is 0.261. The lowest BCUT2D eigenvalue weighted by molar-refractivity contribution is 0.290. The van der Waals surface area contributed by atoms with Crippen LogP contribution in [0, 0.1) is 27.7 Å². The molecule has 4 rings (SSSR count). The SMILES string of the molecule is Cc1ccc(-c2cc(C)c(OCc3c(C)cccc3-n3nnn(C)c3=O)nc2C)nc1. The largest absolute Gasteiger partial charge is 0.473 e. The summed E-state index contributed by atoms with van der Waals surface area (Å²) in [5, 5.41) is 7.77. The van der Waals surface area contributed by atoms with Gasteiger partial charge in [-0.2, -0.15) is 9.36 Å². The number of aryl methyl sites for hydroxylation is 5. The second-order valence-electron chi connectivity index (χ2n) is 7.62. The molecule has 0 amide bonds. The van der Waals surface area contributed by atoms with Crippen molar-refractivity contribution in [2.75, 3.05) is 0 Å².